The Morgan fingerprint density at radius 1 is 1.41 bits per heavy atom. The molecule has 0 aliphatic carbocycles. The van der Waals surface area contributed by atoms with Crippen molar-refractivity contribution in [1.29, 1.82) is 0 Å². The lowest BCUT2D eigenvalue weighted by molar-refractivity contribution is 0.274. The van der Waals surface area contributed by atoms with E-state index in [4.69, 9.17) is 5.73 Å². The minimum atomic E-state index is -0.301. The molecule has 1 atom stereocenters. The molecule has 1 rings (SSSR count). The van der Waals surface area contributed by atoms with Crippen LogP contribution in [-0.2, 0) is 0 Å². The van der Waals surface area contributed by atoms with Gasteiger partial charge in [-0.15, -0.1) is 0 Å². The second-order valence-corrected chi connectivity index (χ2v) is 6.36. The van der Waals surface area contributed by atoms with Crippen LogP contribution < -0.4 is 11.1 Å². The highest BCUT2D eigenvalue weighted by Crippen LogP contribution is 2.29. The number of nitrogens with two attached hydrogens (primary N) is 1. The Balaban J connectivity index is 2.73. The molecule has 0 saturated carbocycles. The smallest absolute Gasteiger partial charge is 0.139 e. The van der Waals surface area contributed by atoms with Gasteiger partial charge < -0.3 is 11.1 Å². The number of hydrogen-bond donors (Lipinski definition) is 2. The lowest BCUT2D eigenvalue weighted by atomic mass is 9.82. The molecule has 4 heteroatoms. The Hall–Kier alpha value is -0.770. The monoisotopic (exact) mass is 302 g/mol. The molecule has 0 bridgehead atoms. The van der Waals surface area contributed by atoms with E-state index in [0.717, 1.165) is 6.54 Å². The Bertz CT molecular complexity index is 399. The van der Waals surface area contributed by atoms with Gasteiger partial charge in [0.2, 0.25) is 0 Å². The number of nitrogen functional groups attached to an aromatic ring is 1. The van der Waals surface area contributed by atoms with E-state index in [2.05, 4.69) is 48.9 Å². The molecule has 0 heterocycles. The Labute approximate surface area is 111 Å². The SMILES string of the molecule is CC(CNc1cc(F)c(Br)cc1N)C(C)(C)C. The predicted molar refractivity (Wildman–Crippen MR) is 75.6 cm³/mol. The number of nitrogens with one attached hydrogen (secondary N) is 1. The van der Waals surface area contributed by atoms with Gasteiger partial charge in [-0.2, -0.15) is 0 Å². The highest BCUT2D eigenvalue weighted by Gasteiger charge is 2.19. The minimum Gasteiger partial charge on any atom is -0.397 e. The molecule has 0 aliphatic rings. The van der Waals surface area contributed by atoms with E-state index in [9.17, 15) is 4.39 Å². The molecule has 1 aromatic carbocycles. The number of hydrogen-bond acceptors (Lipinski definition) is 2. The van der Waals surface area contributed by atoms with E-state index < -0.39 is 0 Å². The van der Waals surface area contributed by atoms with Gasteiger partial charge >= 0.3 is 0 Å². The summed E-state index contributed by atoms with van der Waals surface area (Å²) in [5, 5.41) is 3.20. The Morgan fingerprint density at radius 2 is 2.00 bits per heavy atom. The molecule has 96 valence electrons. The summed E-state index contributed by atoms with van der Waals surface area (Å²) in [5.74, 6) is 0.165. The molecule has 0 fully saturated rings. The third-order valence-corrected chi connectivity index (χ3v) is 3.78. The fraction of sp³-hybridized carbons (Fsp3) is 0.538. The zero-order chi connectivity index (χ0) is 13.2. The third kappa shape index (κ3) is 3.87. The molecule has 17 heavy (non-hydrogen) atoms. The van der Waals surface area contributed by atoms with Crippen LogP contribution >= 0.6 is 15.9 Å². The number of halogens is 2. The van der Waals surface area contributed by atoms with Crippen molar-refractivity contribution >= 4 is 27.3 Å². The quantitative estimate of drug-likeness (QED) is 0.819. The van der Waals surface area contributed by atoms with Crippen LogP contribution in [0.4, 0.5) is 15.8 Å². The summed E-state index contributed by atoms with van der Waals surface area (Å²) < 4.78 is 13.8. The molecule has 1 unspecified atom stereocenters. The molecule has 0 saturated heterocycles. The molecular formula is C13H20BrFN2. The van der Waals surface area contributed by atoms with Crippen molar-refractivity contribution in [3.63, 3.8) is 0 Å². The van der Waals surface area contributed by atoms with Crippen LogP contribution in [0.15, 0.2) is 16.6 Å². The van der Waals surface area contributed by atoms with Crippen molar-refractivity contribution in [3.05, 3.63) is 22.4 Å². The van der Waals surface area contributed by atoms with Crippen LogP contribution in [0.1, 0.15) is 27.7 Å². The number of anilines is 2. The molecule has 1 aromatic rings. The largest absolute Gasteiger partial charge is 0.397 e. The van der Waals surface area contributed by atoms with E-state index in [-0.39, 0.29) is 11.2 Å². The van der Waals surface area contributed by atoms with E-state index in [1.54, 1.807) is 6.07 Å². The van der Waals surface area contributed by atoms with Crippen LogP contribution in [-0.4, -0.2) is 6.54 Å². The zero-order valence-electron chi connectivity index (χ0n) is 10.8. The van der Waals surface area contributed by atoms with Crippen molar-refractivity contribution in [1.82, 2.24) is 0 Å². The van der Waals surface area contributed by atoms with Crippen molar-refractivity contribution < 1.29 is 4.39 Å². The van der Waals surface area contributed by atoms with E-state index >= 15 is 0 Å². The van der Waals surface area contributed by atoms with Crippen LogP contribution in [0.5, 0.6) is 0 Å². The first kappa shape index (κ1) is 14.3. The van der Waals surface area contributed by atoms with Crippen LogP contribution in [0.25, 0.3) is 0 Å². The first-order valence-corrected chi connectivity index (χ1v) is 6.49. The highest BCUT2D eigenvalue weighted by molar-refractivity contribution is 9.10. The van der Waals surface area contributed by atoms with Gasteiger partial charge in [0.15, 0.2) is 0 Å². The maximum atomic E-state index is 13.4. The summed E-state index contributed by atoms with van der Waals surface area (Å²) in [7, 11) is 0. The average molecular weight is 303 g/mol. The second kappa shape index (κ2) is 5.25. The molecule has 0 aliphatic heterocycles. The van der Waals surface area contributed by atoms with E-state index in [1.165, 1.54) is 6.07 Å². The van der Waals surface area contributed by atoms with Crippen molar-refractivity contribution in [3.8, 4) is 0 Å². The topological polar surface area (TPSA) is 38.0 Å². The molecule has 0 amide bonds. The number of benzene rings is 1. The third-order valence-electron chi connectivity index (χ3n) is 3.17. The van der Waals surface area contributed by atoms with Gasteiger partial charge in [0.05, 0.1) is 15.8 Å². The summed E-state index contributed by atoms with van der Waals surface area (Å²) in [6.45, 7) is 9.49. The molecule has 3 N–H and O–H groups in total. The van der Waals surface area contributed by atoms with Crippen LogP contribution in [0.3, 0.4) is 0 Å². The summed E-state index contributed by atoms with van der Waals surface area (Å²) in [6, 6.07) is 3.01. The predicted octanol–water partition coefficient (Wildman–Crippen LogP) is 4.26. The van der Waals surface area contributed by atoms with Gasteiger partial charge in [0.25, 0.3) is 0 Å². The lowest BCUT2D eigenvalue weighted by Crippen LogP contribution is -2.25. The fourth-order valence-corrected chi connectivity index (χ4v) is 1.65. The van der Waals surface area contributed by atoms with Gasteiger partial charge in [0.1, 0.15) is 5.82 Å². The zero-order valence-corrected chi connectivity index (χ0v) is 12.4. The average Bonchev–Trinajstić information content (AvgIpc) is 2.19. The summed E-state index contributed by atoms with van der Waals surface area (Å²) in [5.41, 5.74) is 7.25. The highest BCUT2D eigenvalue weighted by atomic mass is 79.9. The van der Waals surface area contributed by atoms with Crippen molar-refractivity contribution in [2.75, 3.05) is 17.6 Å². The molecule has 2 nitrogen and oxygen atoms in total. The second-order valence-electron chi connectivity index (χ2n) is 5.50. The fourth-order valence-electron chi connectivity index (χ4n) is 1.28. The Morgan fingerprint density at radius 3 is 2.53 bits per heavy atom. The van der Waals surface area contributed by atoms with Gasteiger partial charge in [0, 0.05) is 12.6 Å². The van der Waals surface area contributed by atoms with Crippen molar-refractivity contribution in [2.24, 2.45) is 11.3 Å². The van der Waals surface area contributed by atoms with Crippen molar-refractivity contribution in [2.45, 2.75) is 27.7 Å². The lowest BCUT2D eigenvalue weighted by Gasteiger charge is -2.28. The minimum absolute atomic E-state index is 0.218. The first-order valence-electron chi connectivity index (χ1n) is 5.70. The van der Waals surface area contributed by atoms with Crippen LogP contribution in [0.2, 0.25) is 0 Å². The molecule has 0 spiro atoms. The first-order chi connectivity index (χ1) is 7.71. The van der Waals surface area contributed by atoms with Gasteiger partial charge in [-0.25, -0.2) is 4.39 Å². The summed E-state index contributed by atoms with van der Waals surface area (Å²) in [6.07, 6.45) is 0. The van der Waals surface area contributed by atoms with Gasteiger partial charge in [-0.1, -0.05) is 27.7 Å². The van der Waals surface area contributed by atoms with E-state index in [0.29, 0.717) is 21.8 Å². The summed E-state index contributed by atoms with van der Waals surface area (Å²) >= 11 is 3.11. The molecule has 0 aromatic heterocycles. The molecule has 0 radical (unpaired) electrons. The number of rotatable bonds is 3. The van der Waals surface area contributed by atoms with Gasteiger partial charge in [-0.05, 0) is 33.3 Å². The van der Waals surface area contributed by atoms with E-state index in [1.807, 2.05) is 0 Å². The molecular weight excluding hydrogens is 283 g/mol. The van der Waals surface area contributed by atoms with Crippen LogP contribution in [0, 0.1) is 17.2 Å². The standard InChI is InChI=1S/C13H20BrFN2/c1-8(13(2,3)4)7-17-12-6-10(15)9(14)5-11(12)16/h5-6,8,17H,7,16H2,1-4H3. The maximum Gasteiger partial charge on any atom is 0.139 e. The summed E-state index contributed by atoms with van der Waals surface area (Å²) in [4.78, 5) is 0. The Kier molecular flexibility index (Phi) is 4.42. The normalized spacial score (nSPS) is 13.5. The maximum absolute atomic E-state index is 13.4. The van der Waals surface area contributed by atoms with Gasteiger partial charge in [-0.3, -0.25) is 0 Å².